The third-order valence-electron chi connectivity index (χ3n) is 6.88. The van der Waals surface area contributed by atoms with Gasteiger partial charge in [0.05, 0.1) is 31.2 Å². The van der Waals surface area contributed by atoms with E-state index in [1.54, 1.807) is 26.0 Å². The Balaban J connectivity index is 2.15. The normalized spacial score (nSPS) is 13.2. The first-order chi connectivity index (χ1) is 20.6. The van der Waals surface area contributed by atoms with E-state index in [-0.39, 0.29) is 33.9 Å². The number of nitrogens with one attached hydrogen (secondary N) is 1. The van der Waals surface area contributed by atoms with Crippen LogP contribution in [0.3, 0.4) is 0 Å². The minimum absolute atomic E-state index is 0.153. The first-order valence-electron chi connectivity index (χ1n) is 13.6. The third-order valence-corrected chi connectivity index (χ3v) is 9.73. The maximum Gasteiger partial charge on any atom is 0.417 e. The van der Waals surface area contributed by atoms with Crippen LogP contribution in [0.1, 0.15) is 44.7 Å². The van der Waals surface area contributed by atoms with Crippen molar-refractivity contribution in [3.63, 3.8) is 0 Å². The summed E-state index contributed by atoms with van der Waals surface area (Å²) in [7, 11) is -4.58. The van der Waals surface area contributed by atoms with Crippen molar-refractivity contribution in [1.29, 1.82) is 0 Å². The van der Waals surface area contributed by atoms with Crippen LogP contribution in [0.5, 0.6) is 0 Å². The summed E-state index contributed by atoms with van der Waals surface area (Å²) in [5.41, 5.74) is -1.22. The number of halogens is 6. The standard InChI is InChI=1S/C30H31Cl3F3N3O4S/c1-4-19(3)37-29(41)27(5-2)38(17-20-11-13-25(32)26(33)15-20)28(40)18-39(44(42,43)22-9-7-6-8-10-22)21-12-14-24(31)23(16-21)30(34,35)36/h6-16,19,27H,4-5,17-18H2,1-3H3,(H,37,41)/t19-,27-/m0/s1. The molecule has 2 amide bonds. The van der Waals surface area contributed by atoms with Gasteiger partial charge in [0, 0.05) is 12.6 Å². The monoisotopic (exact) mass is 691 g/mol. The van der Waals surface area contributed by atoms with Crippen molar-refractivity contribution in [3.8, 4) is 0 Å². The maximum absolute atomic E-state index is 14.1. The molecule has 0 aromatic heterocycles. The van der Waals surface area contributed by atoms with Crippen LogP contribution in [-0.4, -0.2) is 43.8 Å². The molecule has 3 aromatic carbocycles. The number of rotatable bonds is 12. The summed E-state index contributed by atoms with van der Waals surface area (Å²) < 4.78 is 69.7. The molecule has 3 aromatic rings. The molecule has 0 radical (unpaired) electrons. The highest BCUT2D eigenvalue weighted by atomic mass is 35.5. The second-order valence-corrected chi connectivity index (χ2v) is 13.1. The molecule has 0 aliphatic carbocycles. The molecule has 0 heterocycles. The van der Waals surface area contributed by atoms with E-state index in [9.17, 15) is 31.2 Å². The Bertz CT molecular complexity index is 1590. The van der Waals surface area contributed by atoms with Gasteiger partial charge >= 0.3 is 6.18 Å². The van der Waals surface area contributed by atoms with E-state index in [2.05, 4.69) is 5.32 Å². The number of anilines is 1. The van der Waals surface area contributed by atoms with Crippen LogP contribution in [0.4, 0.5) is 18.9 Å². The summed E-state index contributed by atoms with van der Waals surface area (Å²) in [6.07, 6.45) is -4.13. The van der Waals surface area contributed by atoms with Gasteiger partial charge in [0.1, 0.15) is 12.6 Å². The quantitative estimate of drug-likeness (QED) is 0.212. The highest BCUT2D eigenvalue weighted by molar-refractivity contribution is 7.92. The number of hydrogen-bond donors (Lipinski definition) is 1. The molecule has 0 spiro atoms. The number of amides is 2. The van der Waals surface area contributed by atoms with E-state index in [1.807, 2.05) is 6.92 Å². The van der Waals surface area contributed by atoms with Crippen LogP contribution in [0, 0.1) is 0 Å². The fourth-order valence-electron chi connectivity index (χ4n) is 4.33. The summed E-state index contributed by atoms with van der Waals surface area (Å²) in [6, 6.07) is 12.9. The van der Waals surface area contributed by atoms with Gasteiger partial charge in [-0.25, -0.2) is 8.42 Å². The molecule has 0 saturated carbocycles. The Labute approximate surface area is 269 Å². The molecule has 14 heteroatoms. The van der Waals surface area contributed by atoms with Crippen molar-refractivity contribution in [3.05, 3.63) is 92.9 Å². The van der Waals surface area contributed by atoms with Crippen LogP contribution >= 0.6 is 34.8 Å². The van der Waals surface area contributed by atoms with E-state index >= 15 is 0 Å². The molecule has 0 aliphatic rings. The zero-order chi connectivity index (χ0) is 32.8. The predicted molar refractivity (Wildman–Crippen MR) is 166 cm³/mol. The highest BCUT2D eigenvalue weighted by Gasteiger charge is 2.37. The first kappa shape index (κ1) is 35.5. The molecule has 2 atom stereocenters. The van der Waals surface area contributed by atoms with E-state index in [1.165, 1.54) is 41.3 Å². The van der Waals surface area contributed by atoms with Gasteiger partial charge in [0.2, 0.25) is 11.8 Å². The van der Waals surface area contributed by atoms with Crippen LogP contribution in [-0.2, 0) is 32.3 Å². The van der Waals surface area contributed by atoms with Crippen molar-refractivity contribution < 1.29 is 31.2 Å². The minimum atomic E-state index is -4.90. The zero-order valence-corrected chi connectivity index (χ0v) is 27.1. The minimum Gasteiger partial charge on any atom is -0.352 e. The average Bonchev–Trinajstić information content (AvgIpc) is 2.97. The number of sulfonamides is 1. The molecular weight excluding hydrogens is 662 g/mol. The van der Waals surface area contributed by atoms with Crippen LogP contribution in [0.2, 0.25) is 15.1 Å². The molecule has 0 aliphatic heterocycles. The Morgan fingerprint density at radius 1 is 0.886 bits per heavy atom. The van der Waals surface area contributed by atoms with E-state index in [0.29, 0.717) is 22.4 Å². The lowest BCUT2D eigenvalue weighted by atomic mass is 10.1. The van der Waals surface area contributed by atoms with Crippen LogP contribution in [0.15, 0.2) is 71.6 Å². The maximum atomic E-state index is 14.1. The lowest BCUT2D eigenvalue weighted by Gasteiger charge is -2.34. The topological polar surface area (TPSA) is 86.8 Å². The Kier molecular flexibility index (Phi) is 12.0. The van der Waals surface area contributed by atoms with Gasteiger partial charge in [-0.3, -0.25) is 13.9 Å². The summed E-state index contributed by atoms with van der Waals surface area (Å²) in [5, 5.41) is 2.66. The number of carbonyl (C=O) groups excluding carboxylic acids is 2. The SMILES string of the molecule is CC[C@H](C)NC(=O)[C@H](CC)N(Cc1ccc(Cl)c(Cl)c1)C(=O)CN(c1ccc(Cl)c(C(F)(F)F)c1)S(=O)(=O)c1ccccc1. The molecule has 0 bridgehead atoms. The van der Waals surface area contributed by atoms with Crippen LogP contribution < -0.4 is 9.62 Å². The van der Waals surface area contributed by atoms with Crippen molar-refractivity contribution in [1.82, 2.24) is 10.2 Å². The molecule has 0 fully saturated rings. The van der Waals surface area contributed by atoms with Gasteiger partial charge in [-0.05, 0) is 67.8 Å². The van der Waals surface area contributed by atoms with Gasteiger partial charge in [0.15, 0.2) is 0 Å². The van der Waals surface area contributed by atoms with Gasteiger partial charge in [-0.15, -0.1) is 0 Å². The van der Waals surface area contributed by atoms with Gasteiger partial charge in [0.25, 0.3) is 10.0 Å². The average molecular weight is 693 g/mol. The van der Waals surface area contributed by atoms with Crippen LogP contribution in [0.25, 0.3) is 0 Å². The summed E-state index contributed by atoms with van der Waals surface area (Å²) >= 11 is 18.1. The van der Waals surface area contributed by atoms with Crippen molar-refractivity contribution >= 4 is 62.3 Å². The second kappa shape index (κ2) is 14.9. The first-order valence-corrected chi connectivity index (χ1v) is 16.2. The van der Waals surface area contributed by atoms with E-state index < -0.39 is 56.9 Å². The van der Waals surface area contributed by atoms with Gasteiger partial charge < -0.3 is 10.2 Å². The summed E-state index contributed by atoms with van der Waals surface area (Å²) in [4.78, 5) is 28.4. The van der Waals surface area contributed by atoms with Gasteiger partial charge in [-0.1, -0.05) is 72.9 Å². The molecule has 7 nitrogen and oxygen atoms in total. The second-order valence-electron chi connectivity index (χ2n) is 10.00. The number of benzene rings is 3. The Morgan fingerprint density at radius 3 is 2.09 bits per heavy atom. The molecule has 0 unspecified atom stereocenters. The fourth-order valence-corrected chi connectivity index (χ4v) is 6.30. The van der Waals surface area contributed by atoms with Crippen molar-refractivity contribution in [2.24, 2.45) is 0 Å². The number of alkyl halides is 3. The molecule has 44 heavy (non-hydrogen) atoms. The molecule has 1 N–H and O–H groups in total. The smallest absolute Gasteiger partial charge is 0.352 e. The fraction of sp³-hybridized carbons (Fsp3) is 0.333. The largest absolute Gasteiger partial charge is 0.417 e. The molecular formula is C30H31Cl3F3N3O4S. The Hall–Kier alpha value is -2.99. The number of carbonyl (C=O) groups is 2. The summed E-state index contributed by atoms with van der Waals surface area (Å²) in [5.74, 6) is -1.32. The predicted octanol–water partition coefficient (Wildman–Crippen LogP) is 7.58. The number of nitrogens with zero attached hydrogens (tertiary/aromatic N) is 2. The van der Waals surface area contributed by atoms with Crippen molar-refractivity contribution in [2.45, 2.75) is 63.3 Å². The molecule has 0 saturated heterocycles. The molecule has 238 valence electrons. The molecule has 3 rings (SSSR count). The third kappa shape index (κ3) is 8.59. The lowest BCUT2D eigenvalue weighted by Crippen LogP contribution is -2.53. The number of hydrogen-bond acceptors (Lipinski definition) is 4. The lowest BCUT2D eigenvalue weighted by molar-refractivity contribution is -0.140. The van der Waals surface area contributed by atoms with Gasteiger partial charge in [-0.2, -0.15) is 13.2 Å². The van der Waals surface area contributed by atoms with E-state index in [4.69, 9.17) is 34.8 Å². The zero-order valence-electron chi connectivity index (χ0n) is 24.0. The van der Waals surface area contributed by atoms with Crippen molar-refractivity contribution in [2.75, 3.05) is 10.8 Å². The highest BCUT2D eigenvalue weighted by Crippen LogP contribution is 2.38. The Morgan fingerprint density at radius 2 is 1.52 bits per heavy atom. The summed E-state index contributed by atoms with van der Waals surface area (Å²) in [6.45, 7) is 4.25. The van der Waals surface area contributed by atoms with E-state index in [0.717, 1.165) is 12.1 Å².